The highest BCUT2D eigenvalue weighted by Gasteiger charge is 2.18. The number of aliphatic imine (C=N–C) groups is 1. The van der Waals surface area contributed by atoms with E-state index >= 15 is 0 Å². The summed E-state index contributed by atoms with van der Waals surface area (Å²) in [5.74, 6) is 1.75. The van der Waals surface area contributed by atoms with E-state index in [1.807, 2.05) is 19.3 Å². The van der Waals surface area contributed by atoms with Crippen molar-refractivity contribution in [3.05, 3.63) is 42.1 Å². The maximum Gasteiger partial charge on any atom is 0.191 e. The summed E-state index contributed by atoms with van der Waals surface area (Å²) in [4.78, 5) is 8.88. The summed E-state index contributed by atoms with van der Waals surface area (Å²) in [5, 5.41) is 8.18. The lowest BCUT2D eigenvalue weighted by atomic mass is 9.87. The number of hydrogen-bond donors (Lipinski definition) is 2. The number of pyridine rings is 1. The van der Waals surface area contributed by atoms with Crippen LogP contribution in [0.15, 0.2) is 41.5 Å². The van der Waals surface area contributed by atoms with E-state index < -0.39 is 0 Å². The van der Waals surface area contributed by atoms with Crippen molar-refractivity contribution in [1.82, 2.24) is 15.6 Å². The Morgan fingerprint density at radius 1 is 1.17 bits per heavy atom. The van der Waals surface area contributed by atoms with Crippen LogP contribution in [0.3, 0.4) is 0 Å². The molecule has 3 rings (SSSR count). The Bertz CT molecular complexity index is 673. The summed E-state index contributed by atoms with van der Waals surface area (Å²) < 4.78 is 0. The first-order chi connectivity index (χ1) is 11.3. The molecule has 0 amide bonds. The van der Waals surface area contributed by atoms with E-state index in [2.05, 4.69) is 51.8 Å². The summed E-state index contributed by atoms with van der Waals surface area (Å²) in [6.07, 6.45) is 6.93. The maximum atomic E-state index is 4.51. The molecule has 0 radical (unpaired) electrons. The molecule has 4 nitrogen and oxygen atoms in total. The van der Waals surface area contributed by atoms with Gasteiger partial charge >= 0.3 is 0 Å². The van der Waals surface area contributed by atoms with Gasteiger partial charge in [0.25, 0.3) is 0 Å². The van der Waals surface area contributed by atoms with Gasteiger partial charge in [-0.05, 0) is 43.2 Å². The van der Waals surface area contributed by atoms with Crippen molar-refractivity contribution in [2.45, 2.75) is 45.2 Å². The van der Waals surface area contributed by atoms with Crippen molar-refractivity contribution in [2.24, 2.45) is 10.9 Å². The third-order valence-electron chi connectivity index (χ3n) is 4.74. The number of nitrogens with one attached hydrogen (secondary N) is 2. The minimum atomic E-state index is 0. The van der Waals surface area contributed by atoms with Crippen LogP contribution in [0.1, 0.15) is 38.2 Å². The summed E-state index contributed by atoms with van der Waals surface area (Å²) in [6.45, 7) is 3.08. The lowest BCUT2D eigenvalue weighted by molar-refractivity contribution is 0.329. The van der Waals surface area contributed by atoms with Crippen molar-refractivity contribution in [2.75, 3.05) is 7.05 Å². The third-order valence-corrected chi connectivity index (χ3v) is 4.74. The van der Waals surface area contributed by atoms with Crippen LogP contribution in [-0.4, -0.2) is 24.0 Å². The molecule has 0 bridgehead atoms. The lowest BCUT2D eigenvalue weighted by Crippen LogP contribution is -2.44. The molecule has 1 aliphatic rings. The normalized spacial score (nSPS) is 21.2. The molecular weight excluding hydrogens is 411 g/mol. The van der Waals surface area contributed by atoms with Gasteiger partial charge in [0, 0.05) is 31.2 Å². The molecule has 130 valence electrons. The van der Waals surface area contributed by atoms with Crippen LogP contribution < -0.4 is 10.6 Å². The van der Waals surface area contributed by atoms with Gasteiger partial charge in [-0.1, -0.05) is 31.2 Å². The number of hydrogen-bond acceptors (Lipinski definition) is 2. The molecule has 5 heteroatoms. The number of rotatable bonds is 3. The average Bonchev–Trinajstić information content (AvgIpc) is 2.60. The summed E-state index contributed by atoms with van der Waals surface area (Å²) in [7, 11) is 1.84. The summed E-state index contributed by atoms with van der Waals surface area (Å²) in [6, 6.07) is 10.9. The van der Waals surface area contributed by atoms with Crippen LogP contribution in [0.4, 0.5) is 0 Å². The Labute approximate surface area is 161 Å². The SMILES string of the molecule is CN=C(NCc1cccc2cccnc12)NC1CCC(C)CC1.I. The van der Waals surface area contributed by atoms with E-state index in [4.69, 9.17) is 0 Å². The van der Waals surface area contributed by atoms with Gasteiger partial charge in [0.15, 0.2) is 5.96 Å². The van der Waals surface area contributed by atoms with E-state index in [0.29, 0.717) is 6.04 Å². The Kier molecular flexibility index (Phi) is 7.27. The molecule has 1 aromatic heterocycles. The molecule has 2 N–H and O–H groups in total. The van der Waals surface area contributed by atoms with Gasteiger partial charge in [0.2, 0.25) is 0 Å². The van der Waals surface area contributed by atoms with Gasteiger partial charge in [-0.15, -0.1) is 24.0 Å². The Balaban J connectivity index is 0.00000208. The number of fused-ring (bicyclic) bond motifs is 1. The zero-order valence-corrected chi connectivity index (χ0v) is 16.8. The number of halogens is 1. The number of para-hydroxylation sites is 1. The number of nitrogens with zero attached hydrogens (tertiary/aromatic N) is 2. The molecule has 0 aliphatic heterocycles. The molecule has 1 saturated carbocycles. The highest BCUT2D eigenvalue weighted by atomic mass is 127. The van der Waals surface area contributed by atoms with E-state index in [1.165, 1.54) is 36.6 Å². The molecule has 0 saturated heterocycles. The lowest BCUT2D eigenvalue weighted by Gasteiger charge is -2.28. The topological polar surface area (TPSA) is 49.3 Å². The minimum Gasteiger partial charge on any atom is -0.354 e. The van der Waals surface area contributed by atoms with Crippen LogP contribution in [0.2, 0.25) is 0 Å². The number of aromatic nitrogens is 1. The highest BCUT2D eigenvalue weighted by Crippen LogP contribution is 2.23. The standard InChI is InChI=1S/C19H26N4.HI/c1-14-8-10-17(11-9-14)23-19(20-2)22-13-16-6-3-5-15-7-4-12-21-18(15)16;/h3-7,12,14,17H,8-11,13H2,1-2H3,(H2,20,22,23);1H. The number of guanidine groups is 1. The monoisotopic (exact) mass is 438 g/mol. The molecule has 1 aliphatic carbocycles. The van der Waals surface area contributed by atoms with E-state index in [0.717, 1.165) is 23.9 Å². The smallest absolute Gasteiger partial charge is 0.191 e. The Morgan fingerprint density at radius 2 is 1.92 bits per heavy atom. The second-order valence-corrected chi connectivity index (χ2v) is 6.52. The van der Waals surface area contributed by atoms with Gasteiger partial charge < -0.3 is 10.6 Å². The summed E-state index contributed by atoms with van der Waals surface area (Å²) >= 11 is 0. The first-order valence-corrected chi connectivity index (χ1v) is 8.56. The van der Waals surface area contributed by atoms with Crippen LogP contribution in [0.5, 0.6) is 0 Å². The molecule has 24 heavy (non-hydrogen) atoms. The van der Waals surface area contributed by atoms with Gasteiger partial charge in [-0.25, -0.2) is 0 Å². The van der Waals surface area contributed by atoms with Crippen molar-refractivity contribution in [3.63, 3.8) is 0 Å². The fourth-order valence-corrected chi connectivity index (χ4v) is 3.28. The van der Waals surface area contributed by atoms with Gasteiger partial charge in [0.05, 0.1) is 5.52 Å². The first kappa shape index (κ1) is 19.0. The van der Waals surface area contributed by atoms with Gasteiger partial charge in [-0.2, -0.15) is 0 Å². The molecule has 1 fully saturated rings. The largest absolute Gasteiger partial charge is 0.354 e. The highest BCUT2D eigenvalue weighted by molar-refractivity contribution is 14.0. The van der Waals surface area contributed by atoms with Gasteiger partial charge in [0.1, 0.15) is 0 Å². The molecule has 2 aromatic rings. The van der Waals surface area contributed by atoms with Crippen LogP contribution >= 0.6 is 24.0 Å². The Morgan fingerprint density at radius 3 is 2.67 bits per heavy atom. The zero-order chi connectivity index (χ0) is 16.1. The number of benzene rings is 1. The fraction of sp³-hybridized carbons (Fsp3) is 0.474. The van der Waals surface area contributed by atoms with Crippen molar-refractivity contribution in [3.8, 4) is 0 Å². The van der Waals surface area contributed by atoms with Crippen molar-refractivity contribution >= 4 is 40.8 Å². The zero-order valence-electron chi connectivity index (χ0n) is 14.5. The van der Waals surface area contributed by atoms with Gasteiger partial charge in [-0.3, -0.25) is 9.98 Å². The molecule has 0 atom stereocenters. The third kappa shape index (κ3) is 4.82. The second kappa shape index (κ2) is 9.20. The molecular formula is C19H27IN4. The van der Waals surface area contributed by atoms with Crippen molar-refractivity contribution in [1.29, 1.82) is 0 Å². The quantitative estimate of drug-likeness (QED) is 0.431. The second-order valence-electron chi connectivity index (χ2n) is 6.52. The van der Waals surface area contributed by atoms with E-state index in [1.54, 1.807) is 0 Å². The van der Waals surface area contributed by atoms with Crippen molar-refractivity contribution < 1.29 is 0 Å². The van der Waals surface area contributed by atoms with Crippen LogP contribution in [0, 0.1) is 5.92 Å². The Hall–Kier alpha value is -1.37. The predicted octanol–water partition coefficient (Wildman–Crippen LogP) is 4.10. The van der Waals surface area contributed by atoms with Crippen LogP contribution in [0.25, 0.3) is 10.9 Å². The van der Waals surface area contributed by atoms with Crippen LogP contribution in [-0.2, 0) is 6.54 Å². The minimum absolute atomic E-state index is 0. The summed E-state index contributed by atoms with van der Waals surface area (Å²) in [5.41, 5.74) is 2.26. The first-order valence-electron chi connectivity index (χ1n) is 8.56. The maximum absolute atomic E-state index is 4.51. The van der Waals surface area contributed by atoms with E-state index in [9.17, 15) is 0 Å². The molecule has 0 unspecified atom stereocenters. The molecule has 0 spiro atoms. The van der Waals surface area contributed by atoms with E-state index in [-0.39, 0.29) is 24.0 Å². The fourth-order valence-electron chi connectivity index (χ4n) is 3.28. The predicted molar refractivity (Wildman–Crippen MR) is 112 cm³/mol. The molecule has 1 heterocycles. The average molecular weight is 438 g/mol. The molecule has 1 aromatic carbocycles.